The fourth-order valence-corrected chi connectivity index (χ4v) is 4.49. The summed E-state index contributed by atoms with van der Waals surface area (Å²) in [4.78, 5) is 2.32. The van der Waals surface area contributed by atoms with Crippen LogP contribution < -0.4 is 4.72 Å². The Labute approximate surface area is 123 Å². The van der Waals surface area contributed by atoms with Gasteiger partial charge in [0.2, 0.25) is 10.0 Å². The van der Waals surface area contributed by atoms with Crippen LogP contribution in [0.5, 0.6) is 0 Å². The van der Waals surface area contributed by atoms with Crippen LogP contribution in [0, 0.1) is 5.41 Å². The van der Waals surface area contributed by atoms with E-state index in [2.05, 4.69) is 23.6 Å². The second kappa shape index (κ2) is 6.30. The molecule has 0 aromatic carbocycles. The fourth-order valence-electron chi connectivity index (χ4n) is 4.03. The summed E-state index contributed by atoms with van der Waals surface area (Å²) >= 11 is 0. The SMILES string of the molecule is CCO[C@@H]1C[C@H](N(C)CCNS(C)(=O)=O)C12CCCC2. The fraction of sp³-hybridized carbons (Fsp3) is 1.00. The molecule has 2 aliphatic rings. The number of ether oxygens (including phenoxy) is 1. The maximum atomic E-state index is 11.1. The Bertz CT molecular complexity index is 418. The Balaban J connectivity index is 1.88. The van der Waals surface area contributed by atoms with E-state index in [0.717, 1.165) is 19.6 Å². The maximum absolute atomic E-state index is 11.1. The monoisotopic (exact) mass is 304 g/mol. The minimum Gasteiger partial charge on any atom is -0.378 e. The Morgan fingerprint density at radius 1 is 1.35 bits per heavy atom. The van der Waals surface area contributed by atoms with E-state index in [0.29, 0.717) is 24.1 Å². The van der Waals surface area contributed by atoms with Crippen molar-refractivity contribution in [3.05, 3.63) is 0 Å². The summed E-state index contributed by atoms with van der Waals surface area (Å²) in [5.74, 6) is 0. The predicted molar refractivity (Wildman–Crippen MR) is 80.2 cm³/mol. The van der Waals surface area contributed by atoms with E-state index < -0.39 is 10.0 Å². The lowest BCUT2D eigenvalue weighted by Crippen LogP contribution is -2.63. The molecule has 0 amide bonds. The third-order valence-electron chi connectivity index (χ3n) is 5.01. The molecule has 1 N–H and O–H groups in total. The molecule has 5 nitrogen and oxygen atoms in total. The van der Waals surface area contributed by atoms with E-state index in [-0.39, 0.29) is 0 Å². The van der Waals surface area contributed by atoms with Gasteiger partial charge in [-0.25, -0.2) is 13.1 Å². The van der Waals surface area contributed by atoms with Gasteiger partial charge in [0.15, 0.2) is 0 Å². The minimum atomic E-state index is -3.08. The van der Waals surface area contributed by atoms with Crippen molar-refractivity contribution >= 4 is 10.0 Å². The minimum absolute atomic E-state index is 0.329. The smallest absolute Gasteiger partial charge is 0.208 e. The van der Waals surface area contributed by atoms with E-state index in [4.69, 9.17) is 4.74 Å². The van der Waals surface area contributed by atoms with Crippen LogP contribution >= 0.6 is 0 Å². The van der Waals surface area contributed by atoms with Gasteiger partial charge in [0.1, 0.15) is 0 Å². The third-order valence-corrected chi connectivity index (χ3v) is 5.73. The molecule has 1 spiro atoms. The van der Waals surface area contributed by atoms with Crippen molar-refractivity contribution in [2.24, 2.45) is 5.41 Å². The number of rotatable bonds is 7. The maximum Gasteiger partial charge on any atom is 0.208 e. The van der Waals surface area contributed by atoms with Crippen LogP contribution in [-0.2, 0) is 14.8 Å². The average molecular weight is 304 g/mol. The molecule has 0 bridgehead atoms. The summed E-state index contributed by atoms with van der Waals surface area (Å²) in [6, 6.07) is 0.544. The van der Waals surface area contributed by atoms with Crippen molar-refractivity contribution in [3.8, 4) is 0 Å². The Morgan fingerprint density at radius 3 is 2.55 bits per heavy atom. The highest BCUT2D eigenvalue weighted by atomic mass is 32.2. The molecule has 2 saturated carbocycles. The first-order chi connectivity index (χ1) is 9.39. The summed E-state index contributed by atoms with van der Waals surface area (Å²) in [5, 5.41) is 0. The van der Waals surface area contributed by atoms with Gasteiger partial charge in [0, 0.05) is 31.2 Å². The van der Waals surface area contributed by atoms with Crippen LogP contribution in [0.4, 0.5) is 0 Å². The molecule has 2 aliphatic carbocycles. The zero-order valence-corrected chi connectivity index (χ0v) is 13.7. The van der Waals surface area contributed by atoms with Gasteiger partial charge in [-0.15, -0.1) is 0 Å². The van der Waals surface area contributed by atoms with Crippen molar-refractivity contribution < 1.29 is 13.2 Å². The lowest BCUT2D eigenvalue weighted by molar-refractivity contribution is -0.160. The molecular weight excluding hydrogens is 276 g/mol. The van der Waals surface area contributed by atoms with Crippen molar-refractivity contribution in [3.63, 3.8) is 0 Å². The molecule has 6 heteroatoms. The van der Waals surface area contributed by atoms with Gasteiger partial charge >= 0.3 is 0 Å². The zero-order valence-electron chi connectivity index (χ0n) is 12.9. The van der Waals surface area contributed by atoms with Gasteiger partial charge in [-0.2, -0.15) is 0 Å². The third kappa shape index (κ3) is 3.35. The molecule has 0 unspecified atom stereocenters. The Morgan fingerprint density at radius 2 is 2.00 bits per heavy atom. The van der Waals surface area contributed by atoms with E-state index in [1.54, 1.807) is 0 Å². The van der Waals surface area contributed by atoms with Crippen molar-refractivity contribution in [1.29, 1.82) is 0 Å². The lowest BCUT2D eigenvalue weighted by Gasteiger charge is -2.57. The van der Waals surface area contributed by atoms with Gasteiger partial charge in [-0.3, -0.25) is 0 Å². The lowest BCUT2D eigenvalue weighted by atomic mass is 9.60. The molecule has 118 valence electrons. The average Bonchev–Trinajstić information content (AvgIpc) is 2.84. The molecule has 2 atom stereocenters. The van der Waals surface area contributed by atoms with Crippen molar-refractivity contribution in [2.75, 3.05) is 33.0 Å². The van der Waals surface area contributed by atoms with Gasteiger partial charge in [0.25, 0.3) is 0 Å². The van der Waals surface area contributed by atoms with Crippen LogP contribution in [0.25, 0.3) is 0 Å². The standard InChI is InChI=1S/C14H28N2O3S/c1-4-19-13-11-12(14(13)7-5-6-8-14)16(2)10-9-15-20(3,17)18/h12-13,15H,4-11H2,1-3H3/t12-,13+/m0/s1. The van der Waals surface area contributed by atoms with Crippen LogP contribution in [0.2, 0.25) is 0 Å². The van der Waals surface area contributed by atoms with Crippen LogP contribution in [0.3, 0.4) is 0 Å². The first-order valence-corrected chi connectivity index (χ1v) is 9.54. The van der Waals surface area contributed by atoms with Crippen molar-refractivity contribution in [2.45, 2.75) is 51.2 Å². The van der Waals surface area contributed by atoms with Gasteiger partial charge in [-0.1, -0.05) is 12.8 Å². The zero-order chi connectivity index (χ0) is 14.8. The van der Waals surface area contributed by atoms with E-state index in [1.165, 1.54) is 31.9 Å². The van der Waals surface area contributed by atoms with E-state index in [1.807, 2.05) is 0 Å². The molecule has 0 radical (unpaired) electrons. The molecule has 0 aromatic heterocycles. The van der Waals surface area contributed by atoms with Gasteiger partial charge in [0.05, 0.1) is 12.4 Å². The molecule has 0 aromatic rings. The molecule has 0 heterocycles. The Hall–Kier alpha value is -0.170. The number of hydrogen-bond donors (Lipinski definition) is 1. The quantitative estimate of drug-likeness (QED) is 0.768. The molecule has 2 rings (SSSR count). The molecule has 0 aliphatic heterocycles. The molecular formula is C14H28N2O3S. The highest BCUT2D eigenvalue weighted by Gasteiger charge is 2.57. The van der Waals surface area contributed by atoms with E-state index in [9.17, 15) is 8.42 Å². The van der Waals surface area contributed by atoms with Crippen molar-refractivity contribution in [1.82, 2.24) is 9.62 Å². The number of sulfonamides is 1. The second-order valence-corrected chi connectivity index (χ2v) is 8.12. The largest absolute Gasteiger partial charge is 0.378 e. The van der Waals surface area contributed by atoms with Crippen LogP contribution in [0.15, 0.2) is 0 Å². The Kier molecular flexibility index (Phi) is 5.10. The summed E-state index contributed by atoms with van der Waals surface area (Å²) in [5.41, 5.74) is 0.329. The summed E-state index contributed by atoms with van der Waals surface area (Å²) in [7, 11) is -0.974. The molecule has 2 fully saturated rings. The van der Waals surface area contributed by atoms with Gasteiger partial charge in [-0.05, 0) is 33.2 Å². The number of hydrogen-bond acceptors (Lipinski definition) is 4. The summed E-state index contributed by atoms with van der Waals surface area (Å²) < 4.78 is 30.7. The number of nitrogens with zero attached hydrogens (tertiary/aromatic N) is 1. The summed E-state index contributed by atoms with van der Waals surface area (Å²) in [6.07, 6.45) is 7.82. The van der Waals surface area contributed by atoms with Gasteiger partial charge < -0.3 is 9.64 Å². The summed E-state index contributed by atoms with van der Waals surface area (Å²) in [6.45, 7) is 4.10. The molecule has 20 heavy (non-hydrogen) atoms. The first kappa shape index (κ1) is 16.2. The van der Waals surface area contributed by atoms with Crippen LogP contribution in [0.1, 0.15) is 39.0 Å². The topological polar surface area (TPSA) is 58.6 Å². The molecule has 0 saturated heterocycles. The highest BCUT2D eigenvalue weighted by Crippen LogP contribution is 2.56. The first-order valence-electron chi connectivity index (χ1n) is 7.65. The predicted octanol–water partition coefficient (Wildman–Crippen LogP) is 1.21. The number of likely N-dealkylation sites (N-methyl/N-ethyl adjacent to an activating group) is 1. The van der Waals surface area contributed by atoms with Crippen LogP contribution in [-0.4, -0.2) is 58.5 Å². The second-order valence-electron chi connectivity index (χ2n) is 6.28. The number of nitrogens with one attached hydrogen (secondary N) is 1. The highest BCUT2D eigenvalue weighted by molar-refractivity contribution is 7.88. The normalized spacial score (nSPS) is 29.0. The van der Waals surface area contributed by atoms with E-state index >= 15 is 0 Å².